The normalized spacial score (nSPS) is 13.3. The lowest BCUT2D eigenvalue weighted by Crippen LogP contribution is -2.40. The number of aliphatic imine (C=N–C) groups is 1. The Balaban J connectivity index is 0.00000364. The lowest BCUT2D eigenvalue weighted by molar-refractivity contribution is 0.0437. The SMILES string of the molecule is CCNC(=NCC(C)(O)c1ccco1)NCCOc1ccc(OC)cc1.I. The maximum absolute atomic E-state index is 10.5. The lowest BCUT2D eigenvalue weighted by Gasteiger charge is -2.19. The Morgan fingerprint density at radius 3 is 2.48 bits per heavy atom. The third-order valence-electron chi connectivity index (χ3n) is 3.66. The monoisotopic (exact) mass is 489 g/mol. The molecule has 0 aliphatic heterocycles. The molecule has 2 rings (SSSR count). The first-order valence-electron chi connectivity index (χ1n) is 8.60. The highest BCUT2D eigenvalue weighted by Crippen LogP contribution is 2.21. The molecule has 1 unspecified atom stereocenters. The number of guanidine groups is 1. The van der Waals surface area contributed by atoms with Crippen molar-refractivity contribution >= 4 is 29.9 Å². The Morgan fingerprint density at radius 1 is 1.19 bits per heavy atom. The van der Waals surface area contributed by atoms with Crippen LogP contribution in [0.4, 0.5) is 0 Å². The molecule has 3 N–H and O–H groups in total. The van der Waals surface area contributed by atoms with Crippen LogP contribution in [0, 0.1) is 0 Å². The Hall–Kier alpha value is -1.94. The van der Waals surface area contributed by atoms with Gasteiger partial charge >= 0.3 is 0 Å². The molecular formula is C19H28IN3O4. The first-order chi connectivity index (χ1) is 12.5. The van der Waals surface area contributed by atoms with Gasteiger partial charge in [0.25, 0.3) is 0 Å². The van der Waals surface area contributed by atoms with Gasteiger partial charge in [0, 0.05) is 6.54 Å². The number of methoxy groups -OCH3 is 1. The van der Waals surface area contributed by atoms with Crippen molar-refractivity contribution in [3.05, 3.63) is 48.4 Å². The van der Waals surface area contributed by atoms with E-state index in [1.807, 2.05) is 31.2 Å². The van der Waals surface area contributed by atoms with Crippen LogP contribution in [0.2, 0.25) is 0 Å². The van der Waals surface area contributed by atoms with Crippen molar-refractivity contribution in [1.29, 1.82) is 0 Å². The van der Waals surface area contributed by atoms with Crippen molar-refractivity contribution in [3.63, 3.8) is 0 Å². The summed E-state index contributed by atoms with van der Waals surface area (Å²) in [5, 5.41) is 16.8. The topological polar surface area (TPSA) is 88.3 Å². The van der Waals surface area contributed by atoms with Gasteiger partial charge in [-0.1, -0.05) is 0 Å². The Kier molecular flexibility index (Phi) is 10.0. The van der Waals surface area contributed by atoms with E-state index in [4.69, 9.17) is 13.9 Å². The van der Waals surface area contributed by atoms with Gasteiger partial charge in [0.05, 0.1) is 26.5 Å². The molecule has 0 spiro atoms. The van der Waals surface area contributed by atoms with Crippen LogP contribution < -0.4 is 20.1 Å². The van der Waals surface area contributed by atoms with E-state index < -0.39 is 5.60 Å². The number of ether oxygens (including phenoxy) is 2. The maximum Gasteiger partial charge on any atom is 0.191 e. The number of hydrogen-bond acceptors (Lipinski definition) is 5. The van der Waals surface area contributed by atoms with Gasteiger partial charge in [0.15, 0.2) is 5.96 Å². The smallest absolute Gasteiger partial charge is 0.191 e. The van der Waals surface area contributed by atoms with Crippen molar-refractivity contribution < 1.29 is 19.0 Å². The second-order valence-electron chi connectivity index (χ2n) is 5.90. The van der Waals surface area contributed by atoms with Gasteiger partial charge in [-0.15, -0.1) is 24.0 Å². The zero-order valence-corrected chi connectivity index (χ0v) is 18.2. The second kappa shape index (κ2) is 11.7. The number of aliphatic hydroxyl groups is 1. The second-order valence-corrected chi connectivity index (χ2v) is 5.90. The van der Waals surface area contributed by atoms with E-state index in [0.29, 0.717) is 31.4 Å². The number of rotatable bonds is 9. The summed E-state index contributed by atoms with van der Waals surface area (Å²) in [5.41, 5.74) is -1.16. The summed E-state index contributed by atoms with van der Waals surface area (Å²) >= 11 is 0. The van der Waals surface area contributed by atoms with Crippen LogP contribution >= 0.6 is 24.0 Å². The molecule has 0 aliphatic carbocycles. The highest BCUT2D eigenvalue weighted by atomic mass is 127. The van der Waals surface area contributed by atoms with Crippen LogP contribution in [-0.2, 0) is 5.60 Å². The van der Waals surface area contributed by atoms with E-state index in [1.54, 1.807) is 26.2 Å². The maximum atomic E-state index is 10.5. The van der Waals surface area contributed by atoms with Crippen LogP contribution in [-0.4, -0.2) is 44.4 Å². The minimum Gasteiger partial charge on any atom is -0.497 e. The molecule has 0 bridgehead atoms. The van der Waals surface area contributed by atoms with Gasteiger partial charge < -0.3 is 29.6 Å². The van der Waals surface area contributed by atoms with Crippen LogP contribution in [0.25, 0.3) is 0 Å². The summed E-state index contributed by atoms with van der Waals surface area (Å²) < 4.78 is 16.1. The zero-order chi connectivity index (χ0) is 18.8. The van der Waals surface area contributed by atoms with Gasteiger partial charge in [-0.05, 0) is 50.2 Å². The molecule has 0 aliphatic rings. The zero-order valence-electron chi connectivity index (χ0n) is 15.9. The molecule has 0 saturated carbocycles. The molecule has 1 atom stereocenters. The molecule has 7 nitrogen and oxygen atoms in total. The predicted molar refractivity (Wildman–Crippen MR) is 116 cm³/mol. The van der Waals surface area contributed by atoms with Gasteiger partial charge in [-0.2, -0.15) is 0 Å². The molecule has 1 aromatic heterocycles. The minimum atomic E-state index is -1.16. The van der Waals surface area contributed by atoms with Crippen LogP contribution in [0.5, 0.6) is 11.5 Å². The van der Waals surface area contributed by atoms with Gasteiger partial charge in [0.2, 0.25) is 0 Å². The molecule has 0 saturated heterocycles. The summed E-state index contributed by atoms with van der Waals surface area (Å²) in [6.07, 6.45) is 1.54. The minimum absolute atomic E-state index is 0. The highest BCUT2D eigenvalue weighted by molar-refractivity contribution is 14.0. The molecule has 0 radical (unpaired) electrons. The number of nitrogens with one attached hydrogen (secondary N) is 2. The standard InChI is InChI=1S/C19H27N3O4.HI/c1-4-20-18(22-14-19(2,23)17-6-5-12-26-17)21-11-13-25-16-9-7-15(24-3)8-10-16;/h5-10,12,23H,4,11,13-14H2,1-3H3,(H2,20,21,22);1H. The number of nitrogens with zero attached hydrogens (tertiary/aromatic N) is 1. The summed E-state index contributed by atoms with van der Waals surface area (Å²) in [6.45, 7) is 5.59. The third-order valence-corrected chi connectivity index (χ3v) is 3.66. The molecule has 1 aromatic carbocycles. The first kappa shape index (κ1) is 23.1. The highest BCUT2D eigenvalue weighted by Gasteiger charge is 2.25. The fourth-order valence-corrected chi connectivity index (χ4v) is 2.25. The molecule has 2 aromatic rings. The Bertz CT molecular complexity index is 673. The molecule has 0 fully saturated rings. The first-order valence-corrected chi connectivity index (χ1v) is 8.60. The molecular weight excluding hydrogens is 461 g/mol. The fourth-order valence-electron chi connectivity index (χ4n) is 2.25. The van der Waals surface area contributed by atoms with Crippen molar-refractivity contribution in [2.45, 2.75) is 19.4 Å². The number of benzene rings is 1. The van der Waals surface area contributed by atoms with Gasteiger partial charge in [-0.25, -0.2) is 4.99 Å². The summed E-state index contributed by atoms with van der Waals surface area (Å²) in [4.78, 5) is 4.42. The predicted octanol–water partition coefficient (Wildman–Crippen LogP) is 2.75. The number of hydrogen-bond donors (Lipinski definition) is 3. The Morgan fingerprint density at radius 2 is 1.89 bits per heavy atom. The van der Waals surface area contributed by atoms with Crippen molar-refractivity contribution in [3.8, 4) is 11.5 Å². The molecule has 150 valence electrons. The van der Waals surface area contributed by atoms with Gasteiger partial charge in [0.1, 0.15) is 29.5 Å². The van der Waals surface area contributed by atoms with Crippen molar-refractivity contribution in [2.75, 3.05) is 33.4 Å². The van der Waals surface area contributed by atoms with Crippen LogP contribution in [0.1, 0.15) is 19.6 Å². The molecule has 1 heterocycles. The van der Waals surface area contributed by atoms with Crippen molar-refractivity contribution in [1.82, 2.24) is 10.6 Å². The molecule has 8 heteroatoms. The largest absolute Gasteiger partial charge is 0.497 e. The van der Waals surface area contributed by atoms with E-state index >= 15 is 0 Å². The number of halogens is 1. The third kappa shape index (κ3) is 7.67. The van der Waals surface area contributed by atoms with Crippen LogP contribution in [0.15, 0.2) is 52.1 Å². The van der Waals surface area contributed by atoms with Gasteiger partial charge in [-0.3, -0.25) is 0 Å². The van der Waals surface area contributed by atoms with Crippen LogP contribution in [0.3, 0.4) is 0 Å². The van der Waals surface area contributed by atoms with E-state index in [1.165, 1.54) is 6.26 Å². The molecule has 0 amide bonds. The average molecular weight is 489 g/mol. The van der Waals surface area contributed by atoms with Crippen molar-refractivity contribution in [2.24, 2.45) is 4.99 Å². The van der Waals surface area contributed by atoms with E-state index in [-0.39, 0.29) is 30.5 Å². The van der Waals surface area contributed by atoms with E-state index in [2.05, 4.69) is 15.6 Å². The van der Waals surface area contributed by atoms with E-state index in [9.17, 15) is 5.11 Å². The average Bonchev–Trinajstić information content (AvgIpc) is 3.19. The quantitative estimate of drug-likeness (QED) is 0.217. The molecule has 27 heavy (non-hydrogen) atoms. The summed E-state index contributed by atoms with van der Waals surface area (Å²) in [5.74, 6) is 2.66. The summed E-state index contributed by atoms with van der Waals surface area (Å²) in [6, 6.07) is 10.9. The summed E-state index contributed by atoms with van der Waals surface area (Å²) in [7, 11) is 1.63. The van der Waals surface area contributed by atoms with E-state index in [0.717, 1.165) is 11.5 Å². The number of furan rings is 1. The Labute approximate surface area is 177 Å². The fraction of sp³-hybridized carbons (Fsp3) is 0.421. The lowest BCUT2D eigenvalue weighted by atomic mass is 10.0.